The van der Waals surface area contributed by atoms with Crippen LogP contribution >= 0.6 is 0 Å². The highest BCUT2D eigenvalue weighted by Crippen LogP contribution is 2.43. The summed E-state index contributed by atoms with van der Waals surface area (Å²) in [6.07, 6.45) is 4.99. The Morgan fingerprint density at radius 3 is 2.71 bits per heavy atom. The van der Waals surface area contributed by atoms with Crippen molar-refractivity contribution >= 4 is 5.95 Å². The van der Waals surface area contributed by atoms with Crippen LogP contribution in [0.2, 0.25) is 0 Å². The molecule has 1 N–H and O–H groups in total. The van der Waals surface area contributed by atoms with Gasteiger partial charge in [-0.05, 0) is 25.0 Å². The fourth-order valence-corrected chi connectivity index (χ4v) is 4.13. The number of nitrogens with zero attached hydrogens (tertiary/aromatic N) is 6. The van der Waals surface area contributed by atoms with E-state index in [1.54, 1.807) is 47.4 Å². The third-order valence-electron chi connectivity index (χ3n) is 6.51. The quantitative estimate of drug-likeness (QED) is 0.659. The lowest BCUT2D eigenvalue weighted by atomic mass is 9.69. The van der Waals surface area contributed by atoms with Crippen LogP contribution in [0.5, 0.6) is 5.75 Å². The molecule has 0 radical (unpaired) electrons. The number of aromatic nitrogens is 5. The highest BCUT2D eigenvalue weighted by Gasteiger charge is 2.46. The summed E-state index contributed by atoms with van der Waals surface area (Å²) in [5, 5.41) is 18.8. The predicted molar refractivity (Wildman–Crippen MR) is 114 cm³/mol. The molecule has 0 bridgehead atoms. The Morgan fingerprint density at radius 1 is 1.29 bits per heavy atom. The average Bonchev–Trinajstić information content (AvgIpc) is 3.31. The summed E-state index contributed by atoms with van der Waals surface area (Å²) in [6, 6.07) is 4.64. The van der Waals surface area contributed by atoms with Crippen LogP contribution < -0.4 is 4.90 Å². The molecule has 1 aliphatic carbocycles. The topological polar surface area (TPSA) is 80.0 Å². The number of hydrogen-bond donors (Lipinski definition) is 1. The normalized spacial score (nSPS) is 26.0. The van der Waals surface area contributed by atoms with Crippen molar-refractivity contribution in [2.24, 2.45) is 5.41 Å². The van der Waals surface area contributed by atoms with Gasteiger partial charge in [0.05, 0.1) is 24.3 Å². The lowest BCUT2D eigenvalue weighted by Crippen LogP contribution is -2.51. The van der Waals surface area contributed by atoms with Crippen LogP contribution in [-0.2, 0) is 0 Å². The number of halogens is 2. The van der Waals surface area contributed by atoms with E-state index < -0.39 is 23.8 Å². The van der Waals surface area contributed by atoms with Crippen LogP contribution in [0.3, 0.4) is 0 Å². The maximum absolute atomic E-state index is 14.7. The maximum atomic E-state index is 14.7. The molecule has 4 rings (SSSR count). The van der Waals surface area contributed by atoms with Crippen molar-refractivity contribution in [2.75, 3.05) is 11.9 Å². The SMILES string of the molecule is CC[C@@]1(C)C[C@@H](N(C)c2ncc(-c3ccc(-n4ccnc4)cc3O)nn2)[C@H](F)C[C@@H]1F. The zero-order chi connectivity index (χ0) is 22.2. The molecule has 4 atom stereocenters. The van der Waals surface area contributed by atoms with Gasteiger partial charge in [0.15, 0.2) is 0 Å². The number of aromatic hydroxyl groups is 1. The van der Waals surface area contributed by atoms with Gasteiger partial charge >= 0.3 is 0 Å². The molecule has 0 amide bonds. The van der Waals surface area contributed by atoms with Gasteiger partial charge in [-0.2, -0.15) is 0 Å². The number of imidazole rings is 1. The Balaban J connectivity index is 1.54. The minimum atomic E-state index is -1.30. The van der Waals surface area contributed by atoms with Crippen LogP contribution in [0.1, 0.15) is 33.1 Å². The Kier molecular flexibility index (Phi) is 5.60. The first-order chi connectivity index (χ1) is 14.8. The van der Waals surface area contributed by atoms with Crippen LogP contribution in [-0.4, -0.2) is 55.3 Å². The van der Waals surface area contributed by atoms with Gasteiger partial charge < -0.3 is 14.6 Å². The molecule has 31 heavy (non-hydrogen) atoms. The lowest BCUT2D eigenvalue weighted by Gasteiger charge is -2.45. The summed E-state index contributed by atoms with van der Waals surface area (Å²) >= 11 is 0. The van der Waals surface area contributed by atoms with Gasteiger partial charge in [0.25, 0.3) is 0 Å². The predicted octanol–water partition coefficient (Wildman–Crippen LogP) is 4.12. The third kappa shape index (κ3) is 3.96. The van der Waals surface area contributed by atoms with Crippen LogP contribution in [0.4, 0.5) is 14.7 Å². The minimum absolute atomic E-state index is 0.0345. The minimum Gasteiger partial charge on any atom is -0.507 e. The largest absolute Gasteiger partial charge is 0.507 e. The number of alkyl halides is 2. The van der Waals surface area contributed by atoms with E-state index in [1.165, 1.54) is 6.20 Å². The first kappa shape index (κ1) is 21.1. The van der Waals surface area contributed by atoms with Gasteiger partial charge in [-0.25, -0.2) is 18.7 Å². The van der Waals surface area contributed by atoms with E-state index in [2.05, 4.69) is 20.2 Å². The number of benzene rings is 1. The number of phenolic OH excluding ortho intramolecular Hbond substituents is 1. The fourth-order valence-electron chi connectivity index (χ4n) is 4.13. The molecule has 1 aromatic carbocycles. The first-order valence-corrected chi connectivity index (χ1v) is 10.3. The zero-order valence-electron chi connectivity index (χ0n) is 17.8. The van der Waals surface area contributed by atoms with Crippen molar-refractivity contribution in [1.29, 1.82) is 0 Å². The second kappa shape index (κ2) is 8.20. The van der Waals surface area contributed by atoms with Crippen LogP contribution in [0, 0.1) is 5.41 Å². The van der Waals surface area contributed by atoms with Crippen molar-refractivity contribution in [3.63, 3.8) is 0 Å². The Labute approximate surface area is 179 Å². The summed E-state index contributed by atoms with van der Waals surface area (Å²) in [6.45, 7) is 3.79. The Bertz CT molecular complexity index is 1030. The Morgan fingerprint density at radius 2 is 2.10 bits per heavy atom. The summed E-state index contributed by atoms with van der Waals surface area (Å²) < 4.78 is 30.8. The molecular formula is C22H26F2N6O. The second-order valence-corrected chi connectivity index (χ2v) is 8.42. The van der Waals surface area contributed by atoms with Crippen molar-refractivity contribution in [1.82, 2.24) is 24.7 Å². The second-order valence-electron chi connectivity index (χ2n) is 8.42. The molecule has 1 aliphatic rings. The molecule has 2 aromatic heterocycles. The number of anilines is 1. The van der Waals surface area contributed by atoms with E-state index in [4.69, 9.17) is 0 Å². The van der Waals surface area contributed by atoms with Crippen LogP contribution in [0.15, 0.2) is 43.1 Å². The third-order valence-corrected chi connectivity index (χ3v) is 6.51. The number of hydrogen-bond acceptors (Lipinski definition) is 6. The van der Waals surface area contributed by atoms with Crippen LogP contribution in [0.25, 0.3) is 16.9 Å². The standard InChI is InChI=1S/C22H26F2N6O/c1-4-22(2)11-18(16(23)10-20(22)24)29(3)21-26-12-17(27-28-21)15-6-5-14(9-19(15)31)30-8-7-25-13-30/h5-9,12-13,16,18,20,31H,4,10-11H2,1-3H3/t16-,18-,20+,22+/m1/s1. The van der Waals surface area contributed by atoms with Gasteiger partial charge in [0.1, 0.15) is 23.8 Å². The Hall–Kier alpha value is -3.10. The van der Waals surface area contributed by atoms with Crippen molar-refractivity contribution in [3.05, 3.63) is 43.1 Å². The van der Waals surface area contributed by atoms with Crippen molar-refractivity contribution < 1.29 is 13.9 Å². The number of rotatable bonds is 5. The van der Waals surface area contributed by atoms with Gasteiger partial charge in [-0.3, -0.25) is 0 Å². The molecular weight excluding hydrogens is 402 g/mol. The molecule has 0 spiro atoms. The van der Waals surface area contributed by atoms with E-state index in [0.717, 1.165) is 5.69 Å². The van der Waals surface area contributed by atoms with Gasteiger partial charge in [-0.1, -0.05) is 13.8 Å². The lowest BCUT2D eigenvalue weighted by molar-refractivity contribution is 0.0142. The smallest absolute Gasteiger partial charge is 0.245 e. The zero-order valence-corrected chi connectivity index (χ0v) is 17.8. The fraction of sp³-hybridized carbons (Fsp3) is 0.455. The average molecular weight is 428 g/mol. The molecule has 2 heterocycles. The molecule has 0 saturated heterocycles. The van der Waals surface area contributed by atoms with E-state index in [1.807, 2.05) is 19.9 Å². The highest BCUT2D eigenvalue weighted by molar-refractivity contribution is 5.68. The van der Waals surface area contributed by atoms with Gasteiger partial charge in [0.2, 0.25) is 5.95 Å². The molecule has 0 aliphatic heterocycles. The summed E-state index contributed by atoms with van der Waals surface area (Å²) in [7, 11) is 1.71. The molecule has 0 unspecified atom stereocenters. The maximum Gasteiger partial charge on any atom is 0.245 e. The van der Waals surface area contributed by atoms with E-state index >= 15 is 0 Å². The monoisotopic (exact) mass is 428 g/mol. The first-order valence-electron chi connectivity index (χ1n) is 10.3. The van der Waals surface area contributed by atoms with E-state index in [0.29, 0.717) is 24.1 Å². The molecule has 7 nitrogen and oxygen atoms in total. The van der Waals surface area contributed by atoms with E-state index in [-0.39, 0.29) is 18.1 Å². The molecule has 3 aromatic rings. The summed E-state index contributed by atoms with van der Waals surface area (Å²) in [5.41, 5.74) is 1.07. The van der Waals surface area contributed by atoms with Crippen molar-refractivity contribution in [2.45, 2.75) is 51.5 Å². The summed E-state index contributed by atoms with van der Waals surface area (Å²) in [4.78, 5) is 9.97. The van der Waals surface area contributed by atoms with E-state index in [9.17, 15) is 13.9 Å². The molecule has 1 fully saturated rings. The molecule has 164 valence electrons. The van der Waals surface area contributed by atoms with Crippen molar-refractivity contribution in [3.8, 4) is 22.7 Å². The van der Waals surface area contributed by atoms with Gasteiger partial charge in [-0.15, -0.1) is 10.2 Å². The molecule has 1 saturated carbocycles. The van der Waals surface area contributed by atoms with Gasteiger partial charge in [0, 0.05) is 42.9 Å². The highest BCUT2D eigenvalue weighted by atomic mass is 19.1. The summed E-state index contributed by atoms with van der Waals surface area (Å²) in [5.74, 6) is 0.300. The number of phenols is 1. The molecule has 9 heteroatoms.